The summed E-state index contributed by atoms with van der Waals surface area (Å²) < 4.78 is 57.4. The summed E-state index contributed by atoms with van der Waals surface area (Å²) in [6.45, 7) is 7.44. The molecule has 6 rings (SSSR count). The van der Waals surface area contributed by atoms with Gasteiger partial charge >= 0.3 is 6.18 Å². The van der Waals surface area contributed by atoms with E-state index < -0.39 is 17.2 Å². The molecule has 0 N–H and O–H groups in total. The Morgan fingerprint density at radius 3 is 2.80 bits per heavy atom. The lowest BCUT2D eigenvalue weighted by atomic mass is 9.77. The Kier molecular flexibility index (Phi) is 7.91. The molecule has 1 aromatic rings. The summed E-state index contributed by atoms with van der Waals surface area (Å²) in [5, 5.41) is 0. The first kappa shape index (κ1) is 28.4. The van der Waals surface area contributed by atoms with Gasteiger partial charge in [-0.1, -0.05) is 6.92 Å². The molecule has 4 unspecified atom stereocenters. The minimum atomic E-state index is -4.45. The maximum atomic E-state index is 14.6. The summed E-state index contributed by atoms with van der Waals surface area (Å²) in [4.78, 5) is 23.0. The SMILES string of the molecule is COC1COCCC1C[C@@H]1C[C@H]2CN(C3CCOCC3C)C[C@@]2(C(=O)N2CCc3ncc(C(F)(F)F)cc3C2)C1. The van der Waals surface area contributed by atoms with E-state index in [1.54, 1.807) is 7.11 Å². The standard InChI is InChI=1S/C30H42F3N3O4/c1-19-16-39-8-5-26(19)36-15-24-10-20(9-21-4-7-40-17-27(21)38-2)12-29(24,18-36)28(37)35-6-3-25-22(14-35)11-23(13-34-25)30(31,32)33/h11,13,19-21,24,26-27H,3-10,12,14-18H2,1-2H3/t19?,20-,21?,24+,26?,27?,29+/m1/s1. The minimum Gasteiger partial charge on any atom is -0.381 e. The second kappa shape index (κ2) is 11.2. The summed E-state index contributed by atoms with van der Waals surface area (Å²) in [5.41, 5.74) is -0.0509. The van der Waals surface area contributed by atoms with Crippen molar-refractivity contribution in [2.24, 2.45) is 29.1 Å². The fourth-order valence-corrected chi connectivity index (χ4v) is 8.50. The van der Waals surface area contributed by atoms with Gasteiger partial charge in [-0.25, -0.2) is 0 Å². The van der Waals surface area contributed by atoms with Gasteiger partial charge in [-0.15, -0.1) is 0 Å². The Morgan fingerprint density at radius 2 is 2.02 bits per heavy atom. The van der Waals surface area contributed by atoms with Crippen LogP contribution in [0.5, 0.6) is 0 Å². The zero-order chi connectivity index (χ0) is 28.1. The summed E-state index contributed by atoms with van der Waals surface area (Å²) >= 11 is 0. The zero-order valence-electron chi connectivity index (χ0n) is 23.6. The monoisotopic (exact) mass is 565 g/mol. The second-order valence-electron chi connectivity index (χ2n) is 12.9. The summed E-state index contributed by atoms with van der Waals surface area (Å²) in [7, 11) is 1.75. The number of hydrogen-bond donors (Lipinski definition) is 0. The van der Waals surface area contributed by atoms with Gasteiger partial charge in [0.2, 0.25) is 5.91 Å². The van der Waals surface area contributed by atoms with Crippen molar-refractivity contribution < 1.29 is 32.2 Å². The normalized spacial score (nSPS) is 36.9. The Balaban J connectivity index is 1.24. The number of hydrogen-bond acceptors (Lipinski definition) is 6. The number of halogens is 3. The van der Waals surface area contributed by atoms with Crippen LogP contribution >= 0.6 is 0 Å². The fourth-order valence-electron chi connectivity index (χ4n) is 8.50. The summed E-state index contributed by atoms with van der Waals surface area (Å²) in [6, 6.07) is 1.59. The number of aromatic nitrogens is 1. The van der Waals surface area contributed by atoms with Crippen LogP contribution in [0.3, 0.4) is 0 Å². The number of amides is 1. The molecule has 4 fully saturated rings. The predicted octanol–water partition coefficient (Wildman–Crippen LogP) is 4.18. The lowest BCUT2D eigenvalue weighted by Gasteiger charge is -2.40. The Morgan fingerprint density at radius 1 is 1.23 bits per heavy atom. The van der Waals surface area contributed by atoms with Gasteiger partial charge in [-0.05, 0) is 67.4 Å². The third-order valence-corrected chi connectivity index (χ3v) is 10.5. The van der Waals surface area contributed by atoms with E-state index in [0.29, 0.717) is 54.6 Å². The van der Waals surface area contributed by atoms with Crippen molar-refractivity contribution in [1.29, 1.82) is 0 Å². The maximum absolute atomic E-state index is 14.6. The van der Waals surface area contributed by atoms with E-state index in [1.807, 2.05) is 4.90 Å². The van der Waals surface area contributed by atoms with Crippen LogP contribution in [0, 0.1) is 29.1 Å². The van der Waals surface area contributed by atoms with Crippen LogP contribution in [0.4, 0.5) is 13.2 Å². The van der Waals surface area contributed by atoms with Crippen LogP contribution in [0.1, 0.15) is 55.8 Å². The van der Waals surface area contributed by atoms with Crippen LogP contribution in [0.2, 0.25) is 0 Å². The van der Waals surface area contributed by atoms with E-state index in [-0.39, 0.29) is 24.5 Å². The van der Waals surface area contributed by atoms with E-state index in [1.165, 1.54) is 6.07 Å². The van der Waals surface area contributed by atoms with Gasteiger partial charge in [-0.3, -0.25) is 14.7 Å². The third kappa shape index (κ3) is 5.29. The van der Waals surface area contributed by atoms with Crippen molar-refractivity contribution in [3.05, 3.63) is 29.1 Å². The molecular formula is C30H42F3N3O4. The van der Waals surface area contributed by atoms with Gasteiger partial charge in [-0.2, -0.15) is 13.2 Å². The van der Waals surface area contributed by atoms with Gasteiger partial charge < -0.3 is 19.1 Å². The van der Waals surface area contributed by atoms with Crippen LogP contribution in [-0.4, -0.2) is 86.0 Å². The highest BCUT2D eigenvalue weighted by molar-refractivity contribution is 5.84. The van der Waals surface area contributed by atoms with Crippen molar-refractivity contribution in [2.45, 2.75) is 70.3 Å². The van der Waals surface area contributed by atoms with E-state index in [2.05, 4.69) is 16.8 Å². The number of nitrogens with zero attached hydrogens (tertiary/aromatic N) is 3. The quantitative estimate of drug-likeness (QED) is 0.534. The molecule has 5 aliphatic rings. The van der Waals surface area contributed by atoms with Crippen LogP contribution < -0.4 is 0 Å². The Bertz CT molecular complexity index is 1090. The lowest BCUT2D eigenvalue weighted by molar-refractivity contribution is -0.144. The molecule has 7 atom stereocenters. The first-order chi connectivity index (χ1) is 19.2. The van der Waals surface area contributed by atoms with Crippen molar-refractivity contribution in [2.75, 3.05) is 53.2 Å². The summed E-state index contributed by atoms with van der Waals surface area (Å²) in [6.07, 6.45) is 1.87. The number of ether oxygens (including phenoxy) is 3. The van der Waals surface area contributed by atoms with E-state index in [4.69, 9.17) is 14.2 Å². The van der Waals surface area contributed by atoms with E-state index >= 15 is 0 Å². The average molecular weight is 566 g/mol. The Labute approximate surface area is 234 Å². The van der Waals surface area contributed by atoms with Gasteiger partial charge in [0, 0.05) is 70.9 Å². The molecule has 0 aromatic carbocycles. The van der Waals surface area contributed by atoms with Gasteiger partial charge in [0.1, 0.15) is 0 Å². The van der Waals surface area contributed by atoms with Gasteiger partial charge in [0.25, 0.3) is 0 Å². The van der Waals surface area contributed by atoms with Crippen LogP contribution in [0.15, 0.2) is 12.3 Å². The zero-order valence-corrected chi connectivity index (χ0v) is 23.6. The number of methoxy groups -OCH3 is 1. The number of alkyl halides is 3. The number of carbonyl (C=O) groups is 1. The molecule has 0 radical (unpaired) electrons. The molecule has 1 aliphatic carbocycles. The van der Waals surface area contributed by atoms with Crippen molar-refractivity contribution in [1.82, 2.24) is 14.8 Å². The first-order valence-electron chi connectivity index (χ1n) is 14.9. The molecular weight excluding hydrogens is 523 g/mol. The predicted molar refractivity (Wildman–Crippen MR) is 141 cm³/mol. The molecule has 1 saturated carbocycles. The number of carbonyl (C=O) groups excluding carboxylic acids is 1. The smallest absolute Gasteiger partial charge is 0.381 e. The van der Waals surface area contributed by atoms with E-state index in [9.17, 15) is 18.0 Å². The number of likely N-dealkylation sites (tertiary alicyclic amines) is 1. The third-order valence-electron chi connectivity index (χ3n) is 10.5. The van der Waals surface area contributed by atoms with Gasteiger partial charge in [0.15, 0.2) is 0 Å². The number of rotatable bonds is 5. The minimum absolute atomic E-state index is 0.0920. The van der Waals surface area contributed by atoms with Crippen LogP contribution in [-0.2, 0) is 38.1 Å². The largest absolute Gasteiger partial charge is 0.417 e. The average Bonchev–Trinajstić information content (AvgIpc) is 3.47. The first-order valence-corrected chi connectivity index (χ1v) is 14.9. The fraction of sp³-hybridized carbons (Fsp3) is 0.800. The molecule has 10 heteroatoms. The number of pyridine rings is 1. The number of fused-ring (bicyclic) bond motifs is 2. The molecule has 5 heterocycles. The Hall–Kier alpha value is -1.75. The highest BCUT2D eigenvalue weighted by Gasteiger charge is 2.59. The topological polar surface area (TPSA) is 64.1 Å². The molecule has 222 valence electrons. The van der Waals surface area contributed by atoms with Crippen molar-refractivity contribution in [3.8, 4) is 0 Å². The maximum Gasteiger partial charge on any atom is 0.417 e. The molecule has 1 aromatic heterocycles. The van der Waals surface area contributed by atoms with Crippen molar-refractivity contribution >= 4 is 5.91 Å². The van der Waals surface area contributed by atoms with Crippen molar-refractivity contribution in [3.63, 3.8) is 0 Å². The molecule has 40 heavy (non-hydrogen) atoms. The van der Waals surface area contributed by atoms with Crippen LogP contribution in [0.25, 0.3) is 0 Å². The molecule has 3 saturated heterocycles. The second-order valence-corrected chi connectivity index (χ2v) is 12.9. The molecule has 4 aliphatic heterocycles. The highest BCUT2D eigenvalue weighted by Crippen LogP contribution is 2.55. The highest BCUT2D eigenvalue weighted by atomic mass is 19.4. The molecule has 7 nitrogen and oxygen atoms in total. The molecule has 0 bridgehead atoms. The van der Waals surface area contributed by atoms with E-state index in [0.717, 1.165) is 71.2 Å². The van der Waals surface area contributed by atoms with Gasteiger partial charge in [0.05, 0.1) is 30.3 Å². The lowest BCUT2D eigenvalue weighted by Crippen LogP contribution is -2.50. The molecule has 1 amide bonds. The molecule has 0 spiro atoms. The summed E-state index contributed by atoms with van der Waals surface area (Å²) in [5.74, 6) is 1.64.